The Morgan fingerprint density at radius 3 is 2.54 bits per heavy atom. The summed E-state index contributed by atoms with van der Waals surface area (Å²) in [5.41, 5.74) is 1.98. The van der Waals surface area contributed by atoms with E-state index in [1.807, 2.05) is 6.92 Å². The Morgan fingerprint density at radius 2 is 1.89 bits per heavy atom. The molecule has 8 nitrogen and oxygen atoms in total. The molecule has 10 heteroatoms. The van der Waals surface area contributed by atoms with Gasteiger partial charge in [-0.25, -0.2) is 9.37 Å². The average molecular weight is 498 g/mol. The Balaban J connectivity index is 1.71. The van der Waals surface area contributed by atoms with Gasteiger partial charge in [-0.3, -0.25) is 20.0 Å². The summed E-state index contributed by atoms with van der Waals surface area (Å²) in [6.07, 6.45) is 3.57. The molecule has 2 atom stereocenters. The van der Waals surface area contributed by atoms with Crippen LogP contribution in [0.2, 0.25) is 0 Å². The number of benzene rings is 2. The number of aromatic nitrogens is 2. The van der Waals surface area contributed by atoms with Crippen LogP contribution in [0.15, 0.2) is 59.8 Å². The molecule has 1 heterocycles. The summed E-state index contributed by atoms with van der Waals surface area (Å²) in [4.78, 5) is 9.22. The van der Waals surface area contributed by atoms with Gasteiger partial charge in [-0.2, -0.15) is 0 Å². The lowest BCUT2D eigenvalue weighted by Crippen LogP contribution is -2.16. The molecule has 0 amide bonds. The van der Waals surface area contributed by atoms with Crippen LogP contribution in [-0.2, 0) is 26.8 Å². The van der Waals surface area contributed by atoms with E-state index < -0.39 is 28.4 Å². The van der Waals surface area contributed by atoms with Gasteiger partial charge in [-0.05, 0) is 43.3 Å². The number of nitrogens with zero attached hydrogens (tertiary/aromatic N) is 2. The monoisotopic (exact) mass is 497 g/mol. The van der Waals surface area contributed by atoms with Crippen molar-refractivity contribution >= 4 is 22.6 Å². The summed E-state index contributed by atoms with van der Waals surface area (Å²) >= 11 is 0. The van der Waals surface area contributed by atoms with Gasteiger partial charge in [0.1, 0.15) is 11.5 Å². The van der Waals surface area contributed by atoms with E-state index in [0.29, 0.717) is 30.2 Å². The number of hydrogen-bond donors (Lipinski definition) is 3. The second-order valence-corrected chi connectivity index (χ2v) is 9.68. The normalized spacial score (nSPS) is 12.7. The zero-order chi connectivity index (χ0) is 25.4. The van der Waals surface area contributed by atoms with Crippen LogP contribution >= 0.6 is 0 Å². The van der Waals surface area contributed by atoms with Crippen LogP contribution in [0.25, 0.3) is 11.3 Å². The van der Waals surface area contributed by atoms with Crippen LogP contribution < -0.4 is 5.32 Å². The second-order valence-electron chi connectivity index (χ2n) is 7.81. The summed E-state index contributed by atoms with van der Waals surface area (Å²) in [5.74, 6) is -1.53. The molecule has 184 valence electrons. The summed E-state index contributed by atoms with van der Waals surface area (Å²) < 4.78 is 37.4. The molecule has 0 saturated carbocycles. The molecule has 0 aliphatic rings. The van der Waals surface area contributed by atoms with Gasteiger partial charge in [0.25, 0.3) is 0 Å². The first-order chi connectivity index (χ1) is 16.8. The first-order valence-corrected chi connectivity index (χ1v) is 12.2. The molecule has 1 aromatic heterocycles. The predicted octanol–water partition coefficient (Wildman–Crippen LogP) is 3.90. The van der Waals surface area contributed by atoms with Crippen LogP contribution in [-0.4, -0.2) is 52.0 Å². The molecule has 0 fully saturated rings. The van der Waals surface area contributed by atoms with Gasteiger partial charge in [0.15, 0.2) is 0 Å². The van der Waals surface area contributed by atoms with Gasteiger partial charge in [-0.15, -0.1) is 0 Å². The zero-order valence-corrected chi connectivity index (χ0v) is 20.6. The van der Waals surface area contributed by atoms with Crippen molar-refractivity contribution in [2.75, 3.05) is 20.8 Å². The van der Waals surface area contributed by atoms with Crippen molar-refractivity contribution in [3.8, 4) is 11.3 Å². The van der Waals surface area contributed by atoms with Gasteiger partial charge in [0.2, 0.25) is 11.8 Å². The van der Waals surface area contributed by atoms with E-state index in [-0.39, 0.29) is 16.5 Å². The molecule has 2 aromatic carbocycles. The molecular weight excluding hydrogens is 469 g/mol. The van der Waals surface area contributed by atoms with E-state index in [1.165, 1.54) is 24.5 Å². The van der Waals surface area contributed by atoms with Gasteiger partial charge in [0.05, 0.1) is 34.5 Å². The maximum Gasteiger partial charge on any atom is 0.241 e. The average Bonchev–Trinajstić information content (AvgIpc) is 2.87. The summed E-state index contributed by atoms with van der Waals surface area (Å²) in [6, 6.07) is 11.6. The minimum atomic E-state index is -1.16. The number of halogens is 1. The van der Waals surface area contributed by atoms with Gasteiger partial charge in [0, 0.05) is 36.0 Å². The Bertz CT molecular complexity index is 1220. The molecule has 35 heavy (non-hydrogen) atoms. The summed E-state index contributed by atoms with van der Waals surface area (Å²) in [5, 5.41) is 19.2. The molecule has 0 saturated heterocycles. The van der Waals surface area contributed by atoms with E-state index in [0.717, 1.165) is 11.1 Å². The van der Waals surface area contributed by atoms with Crippen molar-refractivity contribution in [1.82, 2.24) is 15.3 Å². The standard InChI is InChI=1S/C25H28FN5O3S/c1-16(10-11-33-3)35(32)19-7-5-18(6-8-19)22-14-30-15-23(31-22)25(28)34-24(27)20-9-4-17(13-29-2)12-21(20)26/h4-9,12,14-16,27-29H,10-11,13H2,1-3H3. The van der Waals surface area contributed by atoms with Crippen molar-refractivity contribution in [2.24, 2.45) is 0 Å². The molecule has 0 radical (unpaired) electrons. The SMILES string of the molecule is CNCc1ccc(C(=N)OC(=N)c2cncc(-c3ccc(S(=O)C(C)CCOC)cc3)n2)c(F)c1. The molecule has 3 aromatic rings. The van der Waals surface area contributed by atoms with Gasteiger partial charge >= 0.3 is 0 Å². The number of hydrogen-bond acceptors (Lipinski definition) is 8. The summed E-state index contributed by atoms with van der Waals surface area (Å²) in [6.45, 7) is 2.96. The topological polar surface area (TPSA) is 121 Å². The number of methoxy groups -OCH3 is 1. The van der Waals surface area contributed by atoms with E-state index in [1.54, 1.807) is 44.5 Å². The first-order valence-electron chi connectivity index (χ1n) is 10.9. The molecule has 0 aliphatic carbocycles. The quantitative estimate of drug-likeness (QED) is 0.289. The third-order valence-corrected chi connectivity index (χ3v) is 6.91. The fourth-order valence-corrected chi connectivity index (χ4v) is 4.44. The predicted molar refractivity (Wildman–Crippen MR) is 134 cm³/mol. The van der Waals surface area contributed by atoms with Crippen molar-refractivity contribution in [2.45, 2.75) is 30.0 Å². The van der Waals surface area contributed by atoms with Gasteiger partial charge < -0.3 is 14.8 Å². The molecule has 2 unspecified atom stereocenters. The Morgan fingerprint density at radius 1 is 1.14 bits per heavy atom. The highest BCUT2D eigenvalue weighted by molar-refractivity contribution is 7.85. The fraction of sp³-hybridized carbons (Fsp3) is 0.280. The molecule has 0 bridgehead atoms. The minimum Gasteiger partial charge on any atom is -0.419 e. The lowest BCUT2D eigenvalue weighted by molar-refractivity contribution is 0.195. The molecular formula is C25H28FN5O3S. The smallest absolute Gasteiger partial charge is 0.241 e. The molecule has 0 spiro atoms. The van der Waals surface area contributed by atoms with Crippen LogP contribution in [0.4, 0.5) is 4.39 Å². The second kappa shape index (κ2) is 12.4. The highest BCUT2D eigenvalue weighted by Gasteiger charge is 2.16. The number of ether oxygens (including phenoxy) is 2. The van der Waals surface area contributed by atoms with Crippen molar-refractivity contribution in [3.63, 3.8) is 0 Å². The maximum absolute atomic E-state index is 14.4. The Hall–Kier alpha value is -3.34. The summed E-state index contributed by atoms with van der Waals surface area (Å²) in [7, 11) is 2.21. The van der Waals surface area contributed by atoms with Crippen LogP contribution in [0.1, 0.15) is 30.2 Å². The first kappa shape index (κ1) is 26.3. The van der Waals surface area contributed by atoms with E-state index in [2.05, 4.69) is 15.3 Å². The van der Waals surface area contributed by atoms with Gasteiger partial charge in [-0.1, -0.05) is 25.1 Å². The Labute approximate surface area is 206 Å². The van der Waals surface area contributed by atoms with Crippen molar-refractivity contribution in [3.05, 3.63) is 77.5 Å². The maximum atomic E-state index is 14.4. The minimum absolute atomic E-state index is 0.0405. The zero-order valence-electron chi connectivity index (χ0n) is 19.8. The number of nitrogens with one attached hydrogen (secondary N) is 3. The largest absolute Gasteiger partial charge is 0.419 e. The van der Waals surface area contributed by atoms with Crippen LogP contribution in [0.5, 0.6) is 0 Å². The highest BCUT2D eigenvalue weighted by Crippen LogP contribution is 2.21. The van der Waals surface area contributed by atoms with Crippen LogP contribution in [0.3, 0.4) is 0 Å². The highest BCUT2D eigenvalue weighted by atomic mass is 32.2. The fourth-order valence-electron chi connectivity index (χ4n) is 3.26. The third-order valence-electron chi connectivity index (χ3n) is 5.21. The molecule has 3 N–H and O–H groups in total. The number of rotatable bonds is 10. The third kappa shape index (κ3) is 6.84. The van der Waals surface area contributed by atoms with Crippen LogP contribution in [0, 0.1) is 16.6 Å². The lowest BCUT2D eigenvalue weighted by Gasteiger charge is -2.12. The Kier molecular flexibility index (Phi) is 9.30. The molecule has 3 rings (SSSR count). The lowest BCUT2D eigenvalue weighted by atomic mass is 10.1. The van der Waals surface area contributed by atoms with Crippen molar-refractivity contribution < 1.29 is 18.1 Å². The van der Waals surface area contributed by atoms with E-state index in [4.69, 9.17) is 20.3 Å². The van der Waals surface area contributed by atoms with Crippen molar-refractivity contribution in [1.29, 1.82) is 10.8 Å². The van der Waals surface area contributed by atoms with E-state index in [9.17, 15) is 8.60 Å². The molecule has 0 aliphatic heterocycles. The van der Waals surface area contributed by atoms with E-state index >= 15 is 0 Å².